The highest BCUT2D eigenvalue weighted by Crippen LogP contribution is 2.46. The topological polar surface area (TPSA) is 69.2 Å². The van der Waals surface area contributed by atoms with E-state index in [0.717, 1.165) is 24.8 Å². The van der Waals surface area contributed by atoms with E-state index in [1.54, 1.807) is 12.1 Å². The smallest absolute Gasteiger partial charge is 0.269 e. The first kappa shape index (κ1) is 11.4. The number of non-ortho nitro benzene ring substituents is 1. The van der Waals surface area contributed by atoms with Crippen LogP contribution in [0.2, 0.25) is 5.02 Å². The molecule has 0 aliphatic heterocycles. The van der Waals surface area contributed by atoms with Crippen molar-refractivity contribution in [1.29, 1.82) is 0 Å². The quantitative estimate of drug-likeness (QED) is 0.652. The maximum atomic E-state index is 10.7. The number of halogens is 1. The summed E-state index contributed by atoms with van der Waals surface area (Å²) in [7, 11) is 0. The monoisotopic (exact) mass is 240 g/mol. The molecule has 1 saturated carbocycles. The Bertz CT molecular complexity index is 424. The number of hydrogen-bond acceptors (Lipinski definition) is 3. The Balaban J connectivity index is 2.46. The summed E-state index contributed by atoms with van der Waals surface area (Å²) in [5.74, 6) is 0. The van der Waals surface area contributed by atoms with E-state index < -0.39 is 4.92 Å². The van der Waals surface area contributed by atoms with Crippen molar-refractivity contribution in [3.8, 4) is 0 Å². The average Bonchev–Trinajstić information content (AvgIpc) is 2.19. The SMILES string of the molecule is NCC1(c2cc([N+](=O)[O-])ccc2Cl)CCC1. The molecule has 1 aliphatic carbocycles. The summed E-state index contributed by atoms with van der Waals surface area (Å²) in [6.07, 6.45) is 3.03. The van der Waals surface area contributed by atoms with Gasteiger partial charge in [0.15, 0.2) is 0 Å². The van der Waals surface area contributed by atoms with Crippen molar-refractivity contribution in [2.75, 3.05) is 6.54 Å². The predicted octanol–water partition coefficient (Wildman–Crippen LogP) is 2.63. The molecule has 0 spiro atoms. The van der Waals surface area contributed by atoms with E-state index in [4.69, 9.17) is 17.3 Å². The van der Waals surface area contributed by atoms with Gasteiger partial charge in [0.25, 0.3) is 5.69 Å². The van der Waals surface area contributed by atoms with Crippen LogP contribution in [-0.4, -0.2) is 11.5 Å². The van der Waals surface area contributed by atoms with Crippen LogP contribution in [0, 0.1) is 10.1 Å². The summed E-state index contributed by atoms with van der Waals surface area (Å²) < 4.78 is 0. The molecule has 16 heavy (non-hydrogen) atoms. The zero-order chi connectivity index (χ0) is 11.8. The zero-order valence-corrected chi connectivity index (χ0v) is 9.54. The van der Waals surface area contributed by atoms with Gasteiger partial charge in [-0.3, -0.25) is 10.1 Å². The second-order valence-corrected chi connectivity index (χ2v) is 4.67. The Morgan fingerprint density at radius 2 is 2.19 bits per heavy atom. The highest BCUT2D eigenvalue weighted by molar-refractivity contribution is 6.31. The molecule has 4 nitrogen and oxygen atoms in total. The van der Waals surface area contributed by atoms with Crippen LogP contribution >= 0.6 is 11.6 Å². The molecule has 0 bridgehead atoms. The number of hydrogen-bond donors (Lipinski definition) is 1. The van der Waals surface area contributed by atoms with Gasteiger partial charge in [-0.25, -0.2) is 0 Å². The number of benzene rings is 1. The van der Waals surface area contributed by atoms with E-state index in [1.165, 1.54) is 6.07 Å². The summed E-state index contributed by atoms with van der Waals surface area (Å²) in [4.78, 5) is 10.3. The molecule has 2 rings (SSSR count). The minimum Gasteiger partial charge on any atom is -0.330 e. The molecule has 0 aromatic heterocycles. The van der Waals surface area contributed by atoms with Crippen LogP contribution < -0.4 is 5.73 Å². The zero-order valence-electron chi connectivity index (χ0n) is 8.78. The third-order valence-electron chi connectivity index (χ3n) is 3.43. The van der Waals surface area contributed by atoms with Gasteiger partial charge in [-0.1, -0.05) is 18.0 Å². The maximum absolute atomic E-state index is 10.7. The van der Waals surface area contributed by atoms with Crippen molar-refractivity contribution in [3.05, 3.63) is 38.9 Å². The molecule has 5 heteroatoms. The molecule has 1 aromatic carbocycles. The van der Waals surface area contributed by atoms with Gasteiger partial charge in [-0.05, 0) is 24.5 Å². The lowest BCUT2D eigenvalue weighted by atomic mass is 9.64. The lowest BCUT2D eigenvalue weighted by Gasteiger charge is -2.41. The molecule has 1 aromatic rings. The number of nitro benzene ring substituents is 1. The molecule has 0 radical (unpaired) electrons. The van der Waals surface area contributed by atoms with Gasteiger partial charge in [0.1, 0.15) is 0 Å². The second kappa shape index (κ2) is 4.03. The highest BCUT2D eigenvalue weighted by atomic mass is 35.5. The van der Waals surface area contributed by atoms with Gasteiger partial charge < -0.3 is 5.73 Å². The fourth-order valence-electron chi connectivity index (χ4n) is 2.22. The predicted molar refractivity (Wildman–Crippen MR) is 62.7 cm³/mol. The van der Waals surface area contributed by atoms with Gasteiger partial charge in [-0.2, -0.15) is 0 Å². The Morgan fingerprint density at radius 3 is 2.62 bits per heavy atom. The van der Waals surface area contributed by atoms with Crippen LogP contribution in [0.15, 0.2) is 18.2 Å². The number of rotatable bonds is 3. The van der Waals surface area contributed by atoms with E-state index in [0.29, 0.717) is 11.6 Å². The molecule has 2 N–H and O–H groups in total. The van der Waals surface area contributed by atoms with Crippen molar-refractivity contribution in [2.45, 2.75) is 24.7 Å². The Labute approximate surface area is 98.5 Å². The van der Waals surface area contributed by atoms with E-state index in [2.05, 4.69) is 0 Å². The summed E-state index contributed by atoms with van der Waals surface area (Å²) in [5.41, 5.74) is 6.54. The van der Waals surface area contributed by atoms with Crippen LogP contribution in [0.25, 0.3) is 0 Å². The third kappa shape index (κ3) is 1.68. The van der Waals surface area contributed by atoms with Crippen LogP contribution in [0.3, 0.4) is 0 Å². The van der Waals surface area contributed by atoms with Crippen LogP contribution in [0.5, 0.6) is 0 Å². The van der Waals surface area contributed by atoms with E-state index in [9.17, 15) is 10.1 Å². The Hall–Kier alpha value is -1.13. The van der Waals surface area contributed by atoms with E-state index in [-0.39, 0.29) is 11.1 Å². The normalized spacial score (nSPS) is 17.9. The average molecular weight is 241 g/mol. The lowest BCUT2D eigenvalue weighted by molar-refractivity contribution is -0.385. The van der Waals surface area contributed by atoms with Crippen molar-refractivity contribution in [1.82, 2.24) is 0 Å². The molecule has 0 heterocycles. The van der Waals surface area contributed by atoms with E-state index >= 15 is 0 Å². The Kier molecular flexibility index (Phi) is 2.86. The molecule has 86 valence electrons. The van der Waals surface area contributed by atoms with Crippen LogP contribution in [-0.2, 0) is 5.41 Å². The van der Waals surface area contributed by atoms with Crippen molar-refractivity contribution < 1.29 is 4.92 Å². The third-order valence-corrected chi connectivity index (χ3v) is 3.76. The standard InChI is InChI=1S/C11H13ClN2O2/c12-10-3-2-8(14(15)16)6-9(10)11(7-13)4-1-5-11/h2-3,6H,1,4-5,7,13H2. The molecule has 0 atom stereocenters. The maximum Gasteiger partial charge on any atom is 0.269 e. The lowest BCUT2D eigenvalue weighted by Crippen LogP contribution is -2.41. The number of nitrogens with two attached hydrogens (primary N) is 1. The van der Waals surface area contributed by atoms with Gasteiger partial charge in [0.05, 0.1) is 4.92 Å². The number of nitro groups is 1. The van der Waals surface area contributed by atoms with Gasteiger partial charge >= 0.3 is 0 Å². The Morgan fingerprint density at radius 1 is 1.50 bits per heavy atom. The highest BCUT2D eigenvalue weighted by Gasteiger charge is 2.39. The fourth-order valence-corrected chi connectivity index (χ4v) is 2.54. The first-order valence-corrected chi connectivity index (χ1v) is 5.61. The fraction of sp³-hybridized carbons (Fsp3) is 0.455. The van der Waals surface area contributed by atoms with Gasteiger partial charge in [0.2, 0.25) is 0 Å². The van der Waals surface area contributed by atoms with Crippen LogP contribution in [0.1, 0.15) is 24.8 Å². The molecule has 0 unspecified atom stereocenters. The largest absolute Gasteiger partial charge is 0.330 e. The van der Waals surface area contributed by atoms with Crippen LogP contribution in [0.4, 0.5) is 5.69 Å². The van der Waals surface area contributed by atoms with Gasteiger partial charge in [-0.15, -0.1) is 0 Å². The second-order valence-electron chi connectivity index (χ2n) is 4.26. The minimum absolute atomic E-state index is 0.0825. The molecule has 0 amide bonds. The summed E-state index contributed by atoms with van der Waals surface area (Å²) in [6.45, 7) is 0.494. The summed E-state index contributed by atoms with van der Waals surface area (Å²) in [6, 6.07) is 4.58. The molecular formula is C11H13ClN2O2. The first-order chi connectivity index (χ1) is 7.59. The molecular weight excluding hydrogens is 228 g/mol. The summed E-state index contributed by atoms with van der Waals surface area (Å²) in [5, 5.41) is 11.3. The molecule has 0 saturated heterocycles. The van der Waals surface area contributed by atoms with Gasteiger partial charge in [0, 0.05) is 29.1 Å². The van der Waals surface area contributed by atoms with Crippen molar-refractivity contribution in [3.63, 3.8) is 0 Å². The van der Waals surface area contributed by atoms with Crippen molar-refractivity contribution in [2.24, 2.45) is 5.73 Å². The summed E-state index contributed by atoms with van der Waals surface area (Å²) >= 11 is 6.10. The number of nitrogens with zero attached hydrogens (tertiary/aromatic N) is 1. The molecule has 1 aliphatic rings. The van der Waals surface area contributed by atoms with E-state index in [1.807, 2.05) is 0 Å². The first-order valence-electron chi connectivity index (χ1n) is 5.23. The van der Waals surface area contributed by atoms with Crippen molar-refractivity contribution >= 4 is 17.3 Å². The molecule has 1 fully saturated rings. The minimum atomic E-state index is -0.400.